The first-order chi connectivity index (χ1) is 12.2. The average Bonchev–Trinajstić information content (AvgIpc) is 2.98. The molecule has 2 rings (SSSR count). The van der Waals surface area contributed by atoms with Gasteiger partial charge >= 0.3 is 7.82 Å². The van der Waals surface area contributed by atoms with Gasteiger partial charge in [0.15, 0.2) is 0 Å². The van der Waals surface area contributed by atoms with Crippen molar-refractivity contribution in [3.63, 3.8) is 0 Å². The highest BCUT2D eigenvalue weighted by molar-refractivity contribution is 7.47. The Morgan fingerprint density at radius 2 is 1.58 bits per heavy atom. The second kappa shape index (κ2) is 9.47. The molecule has 0 amide bonds. The summed E-state index contributed by atoms with van der Waals surface area (Å²) in [5, 5.41) is 20.2. The number of aliphatic hydroxyl groups is 2. The Morgan fingerprint density at radius 1 is 1.04 bits per heavy atom. The average molecular weight is 396 g/mol. The molecule has 9 atom stereocenters. The van der Waals surface area contributed by atoms with Gasteiger partial charge < -0.3 is 34.1 Å². The summed E-state index contributed by atoms with van der Waals surface area (Å²) in [6.07, 6.45) is -5.12. The van der Waals surface area contributed by atoms with Gasteiger partial charge in [-0.05, 0) is 6.92 Å². The Balaban J connectivity index is 1.94. The van der Waals surface area contributed by atoms with Crippen molar-refractivity contribution in [2.45, 2.75) is 55.6 Å². The molecule has 2 aliphatic heterocycles. The van der Waals surface area contributed by atoms with E-state index in [2.05, 4.69) is 0 Å². The third-order valence-electron chi connectivity index (χ3n) is 4.49. The zero-order valence-corrected chi connectivity index (χ0v) is 16.3. The maximum atomic E-state index is 12.3. The number of methoxy groups -OCH3 is 1. The zero-order valence-electron chi connectivity index (χ0n) is 15.4. The Hall–Kier alpha value is -0.000130. The molecular weight excluding hydrogens is 369 g/mol. The molecule has 0 aliphatic carbocycles. The van der Waals surface area contributed by atoms with Crippen LogP contribution in [0.3, 0.4) is 0 Å². The fourth-order valence-electron chi connectivity index (χ4n) is 3.15. The monoisotopic (exact) mass is 396 g/mol. The van der Waals surface area contributed by atoms with Gasteiger partial charge in [0.25, 0.3) is 0 Å². The maximum absolute atomic E-state index is 12.3. The Labute approximate surface area is 154 Å². The molecule has 0 aromatic carbocycles. The number of hydrogen-bond donors (Lipinski definition) is 3. The Morgan fingerprint density at radius 3 is 2.12 bits per heavy atom. The molecule has 0 spiro atoms. The summed E-state index contributed by atoms with van der Waals surface area (Å²) in [4.78, 5) is 10.0. The normalized spacial score (nSPS) is 42.8. The van der Waals surface area contributed by atoms with E-state index >= 15 is 0 Å². The number of phosphoric ester groups is 1. The van der Waals surface area contributed by atoms with E-state index in [4.69, 9.17) is 28.0 Å². The van der Waals surface area contributed by atoms with Crippen LogP contribution in [0.25, 0.3) is 0 Å². The van der Waals surface area contributed by atoms with Crippen molar-refractivity contribution < 1.29 is 47.7 Å². The lowest BCUT2D eigenvalue weighted by Gasteiger charge is -2.25. The molecule has 0 bridgehead atoms. The van der Waals surface area contributed by atoms with E-state index in [1.54, 1.807) is 22.6 Å². The van der Waals surface area contributed by atoms with Crippen molar-refractivity contribution in [3.8, 4) is 0 Å². The first-order valence-corrected chi connectivity index (χ1v) is 10.1. The molecular formula is C13H27B2O10P. The first-order valence-electron chi connectivity index (χ1n) is 8.63. The molecule has 150 valence electrons. The van der Waals surface area contributed by atoms with Crippen LogP contribution < -0.4 is 0 Å². The highest BCUT2D eigenvalue weighted by Gasteiger charge is 2.47. The van der Waals surface area contributed by atoms with Gasteiger partial charge in [0.05, 0.1) is 25.2 Å². The minimum atomic E-state index is -4.52. The third-order valence-corrected chi connectivity index (χ3v) is 5.48. The van der Waals surface area contributed by atoms with Crippen LogP contribution >= 0.6 is 7.82 Å². The van der Waals surface area contributed by atoms with Crippen LogP contribution in [0.15, 0.2) is 0 Å². The lowest BCUT2D eigenvalue weighted by molar-refractivity contribution is -0.0561. The largest absolute Gasteiger partial charge is 0.472 e. The second-order valence-corrected chi connectivity index (χ2v) is 7.86. The molecule has 0 radical (unpaired) electrons. The van der Waals surface area contributed by atoms with Crippen molar-refractivity contribution in [2.24, 2.45) is 0 Å². The summed E-state index contributed by atoms with van der Waals surface area (Å²) in [6.45, 7) is 1.90. The summed E-state index contributed by atoms with van der Waals surface area (Å²) in [6, 6.07) is -1.06. The van der Waals surface area contributed by atoms with Gasteiger partial charge in [0.2, 0.25) is 0 Å². The molecule has 0 aromatic rings. The van der Waals surface area contributed by atoms with Crippen molar-refractivity contribution in [3.05, 3.63) is 0 Å². The highest BCUT2D eigenvalue weighted by Crippen LogP contribution is 2.47. The molecule has 0 aromatic heterocycles. The van der Waals surface area contributed by atoms with Crippen molar-refractivity contribution in [2.75, 3.05) is 26.9 Å². The predicted octanol–water partition coefficient (Wildman–Crippen LogP) is -3.02. The molecule has 2 heterocycles. The van der Waals surface area contributed by atoms with E-state index in [-0.39, 0.29) is 13.2 Å². The van der Waals surface area contributed by atoms with Gasteiger partial charge in [-0.15, -0.1) is 0 Å². The van der Waals surface area contributed by atoms with Crippen LogP contribution in [-0.4, -0.2) is 106 Å². The fourth-order valence-corrected chi connectivity index (χ4v) is 4.12. The van der Waals surface area contributed by atoms with Gasteiger partial charge in [-0.3, -0.25) is 9.05 Å². The third kappa shape index (κ3) is 5.29. The minimum Gasteiger partial charge on any atom is -0.388 e. The summed E-state index contributed by atoms with van der Waals surface area (Å²) in [7, 11) is 0.232. The fraction of sp³-hybridized carbons (Fsp3) is 1.00. The van der Waals surface area contributed by atoms with Crippen LogP contribution in [-0.2, 0) is 32.6 Å². The Kier molecular flexibility index (Phi) is 8.12. The molecule has 3 unspecified atom stereocenters. The summed E-state index contributed by atoms with van der Waals surface area (Å²) in [5.41, 5.74) is 0. The lowest BCUT2D eigenvalue weighted by atomic mass is 9.93. The predicted molar refractivity (Wildman–Crippen MR) is 94.4 cm³/mol. The SMILES string of the molecule is B[C@@H]1O[C@H](COP(=O)(O)OC2[C@@H](COC)O[C@@H](B)[C@H]2O)C(OCC)[C@@H]1O. The lowest BCUT2D eigenvalue weighted by Crippen LogP contribution is -2.38. The standard InChI is InChI=1S/C13H27B2O10P/c1-3-21-10-7(24-12(14)8(10)16)5-22-26(18,19)25-11-6(4-20-2)23-13(15)9(11)17/h6-13,16-17H,3-5,14-15H2,1-2H3,(H,18,19)/t6-,7-,8+,9+,10?,11?,12-,13-/m1/s1. The van der Waals surface area contributed by atoms with Crippen LogP contribution in [0.2, 0.25) is 0 Å². The molecule has 10 nitrogen and oxygen atoms in total. The smallest absolute Gasteiger partial charge is 0.388 e. The number of aliphatic hydroxyl groups excluding tert-OH is 2. The van der Waals surface area contributed by atoms with Crippen molar-refractivity contribution >= 4 is 23.5 Å². The van der Waals surface area contributed by atoms with Crippen LogP contribution in [0.5, 0.6) is 0 Å². The highest BCUT2D eigenvalue weighted by atomic mass is 31.2. The number of rotatable bonds is 9. The van der Waals surface area contributed by atoms with Gasteiger partial charge in [-0.2, -0.15) is 0 Å². The number of phosphoric acid groups is 1. The molecule has 2 aliphatic rings. The molecule has 13 heteroatoms. The van der Waals surface area contributed by atoms with E-state index in [1.807, 2.05) is 0 Å². The van der Waals surface area contributed by atoms with Crippen molar-refractivity contribution in [1.29, 1.82) is 0 Å². The molecule has 26 heavy (non-hydrogen) atoms. The van der Waals surface area contributed by atoms with E-state index in [1.165, 1.54) is 7.11 Å². The van der Waals surface area contributed by atoms with Crippen molar-refractivity contribution in [1.82, 2.24) is 0 Å². The summed E-state index contributed by atoms with van der Waals surface area (Å²) >= 11 is 0. The van der Waals surface area contributed by atoms with E-state index in [0.29, 0.717) is 6.61 Å². The van der Waals surface area contributed by atoms with Gasteiger partial charge in [0.1, 0.15) is 52.3 Å². The molecule has 2 saturated heterocycles. The van der Waals surface area contributed by atoms with Crippen LogP contribution in [0.1, 0.15) is 6.92 Å². The maximum Gasteiger partial charge on any atom is 0.472 e. The molecule has 0 saturated carbocycles. The number of ether oxygens (including phenoxy) is 4. The first kappa shape index (κ1) is 22.3. The summed E-state index contributed by atoms with van der Waals surface area (Å²) in [5.74, 6) is 0. The van der Waals surface area contributed by atoms with Gasteiger partial charge in [-0.1, -0.05) is 0 Å². The van der Waals surface area contributed by atoms with Crippen LogP contribution in [0.4, 0.5) is 0 Å². The van der Waals surface area contributed by atoms with Gasteiger partial charge in [-0.25, -0.2) is 4.57 Å². The summed E-state index contributed by atoms with van der Waals surface area (Å²) < 4.78 is 43.9. The molecule has 3 N–H and O–H groups in total. The Bertz CT molecular complexity index is 500. The molecule has 2 fully saturated rings. The van der Waals surface area contributed by atoms with E-state index in [9.17, 15) is 19.7 Å². The van der Waals surface area contributed by atoms with E-state index < -0.39 is 56.5 Å². The quantitative estimate of drug-likeness (QED) is 0.273. The minimum absolute atomic E-state index is 0.0912. The topological polar surface area (TPSA) is 133 Å². The second-order valence-electron chi connectivity index (χ2n) is 6.45. The number of hydrogen-bond acceptors (Lipinski definition) is 9. The zero-order chi connectivity index (χ0) is 19.5. The van der Waals surface area contributed by atoms with Crippen LogP contribution in [0, 0.1) is 0 Å². The van der Waals surface area contributed by atoms with E-state index in [0.717, 1.165) is 0 Å². The van der Waals surface area contributed by atoms with Gasteiger partial charge in [0, 0.05) is 13.7 Å².